The van der Waals surface area contributed by atoms with Crippen LogP contribution in [-0.2, 0) is 0 Å². The Labute approximate surface area is 117 Å². The highest BCUT2D eigenvalue weighted by Gasteiger charge is 2.31. The first-order valence-corrected chi connectivity index (χ1v) is 6.21. The van der Waals surface area contributed by atoms with Gasteiger partial charge in [-0.3, -0.25) is 0 Å². The molecule has 0 saturated heterocycles. The highest BCUT2D eigenvalue weighted by atomic mass is 35.5. The fourth-order valence-electron chi connectivity index (χ4n) is 1.46. The molecule has 2 rings (SSSR count). The quantitative estimate of drug-likeness (QED) is 0.737. The third-order valence-electron chi connectivity index (χ3n) is 2.17. The summed E-state index contributed by atoms with van der Waals surface area (Å²) in [6, 6.07) is 15.5. The molecule has 0 aliphatic rings. The first-order chi connectivity index (χ1) is 8.54. The average molecular weight is 306 g/mol. The van der Waals surface area contributed by atoms with Crippen LogP contribution in [0.25, 0.3) is 0 Å². The van der Waals surface area contributed by atoms with Crippen LogP contribution in [-0.4, -0.2) is 6.36 Å². The predicted molar refractivity (Wildman–Crippen MR) is 67.2 cm³/mol. The molecule has 0 aliphatic heterocycles. The molecule has 6 heteroatoms. The molecule has 0 amide bonds. The normalized spacial score (nSPS) is 11.3. The maximum Gasteiger partial charge on any atom is 0.573 e. The summed E-state index contributed by atoms with van der Waals surface area (Å²) in [6.07, 6.45) is -4.66. The highest BCUT2D eigenvalue weighted by Crippen LogP contribution is 2.25. The molecule has 102 valence electrons. The van der Waals surface area contributed by atoms with Gasteiger partial charge in [0.05, 0.1) is 0 Å². The van der Waals surface area contributed by atoms with Crippen LogP contribution in [0.5, 0.6) is 5.75 Å². The van der Waals surface area contributed by atoms with Gasteiger partial charge in [-0.1, -0.05) is 57.1 Å². The Bertz CT molecular complexity index is 517. The molecule has 0 saturated carbocycles. The predicted octanol–water partition coefficient (Wildman–Crippen LogP) is 0.218. The van der Waals surface area contributed by atoms with Crippen molar-refractivity contribution in [2.45, 2.75) is 6.36 Å². The van der Waals surface area contributed by atoms with Crippen LogP contribution < -0.4 is 27.8 Å². The maximum absolute atomic E-state index is 12.2. The van der Waals surface area contributed by atoms with Crippen LogP contribution in [0.1, 0.15) is 0 Å². The second-order valence-corrected chi connectivity index (χ2v) is 4.90. The Morgan fingerprint density at radius 1 is 0.842 bits per heavy atom. The van der Waals surface area contributed by atoms with Crippen molar-refractivity contribution in [2.24, 2.45) is 0 Å². The van der Waals surface area contributed by atoms with E-state index in [9.17, 15) is 13.2 Å². The zero-order chi connectivity index (χ0) is 13.0. The summed E-state index contributed by atoms with van der Waals surface area (Å²) < 4.78 is 40.7. The molecule has 1 atom stereocenters. The van der Waals surface area contributed by atoms with Crippen molar-refractivity contribution >= 4 is 19.2 Å². The number of ether oxygens (including phenoxy) is 1. The zero-order valence-corrected chi connectivity index (χ0v) is 11.4. The van der Waals surface area contributed by atoms with E-state index in [0.29, 0.717) is 5.30 Å². The molecule has 0 bridgehead atoms. The van der Waals surface area contributed by atoms with E-state index in [2.05, 4.69) is 4.74 Å². The van der Waals surface area contributed by atoms with E-state index in [1.165, 1.54) is 12.1 Å². The first-order valence-electron chi connectivity index (χ1n) is 5.21. The van der Waals surface area contributed by atoms with E-state index in [1.807, 2.05) is 30.3 Å². The molecule has 0 N–H and O–H groups in total. The fraction of sp³-hybridized carbons (Fsp3) is 0.0769. The van der Waals surface area contributed by atoms with Gasteiger partial charge in [0.1, 0.15) is 5.75 Å². The van der Waals surface area contributed by atoms with Gasteiger partial charge >= 0.3 is 6.36 Å². The number of alkyl halides is 3. The van der Waals surface area contributed by atoms with E-state index >= 15 is 0 Å². The van der Waals surface area contributed by atoms with E-state index in [1.54, 1.807) is 12.1 Å². The molecule has 1 unspecified atom stereocenters. The van der Waals surface area contributed by atoms with Crippen LogP contribution in [0.2, 0.25) is 0 Å². The van der Waals surface area contributed by atoms with Gasteiger partial charge in [0.2, 0.25) is 0 Å². The second-order valence-electron chi connectivity index (χ2n) is 3.53. The van der Waals surface area contributed by atoms with Crippen LogP contribution in [0, 0.1) is 0 Å². The van der Waals surface area contributed by atoms with E-state index < -0.39 is 6.36 Å². The van der Waals surface area contributed by atoms with Crippen molar-refractivity contribution in [3.63, 3.8) is 0 Å². The minimum atomic E-state index is -4.66. The number of benzene rings is 2. The van der Waals surface area contributed by atoms with E-state index in [0.717, 1.165) is 5.30 Å². The lowest BCUT2D eigenvalue weighted by atomic mass is 10.3. The Kier molecular flexibility index (Phi) is 5.64. The van der Waals surface area contributed by atoms with Crippen molar-refractivity contribution < 1.29 is 30.3 Å². The van der Waals surface area contributed by atoms with E-state index in [4.69, 9.17) is 0 Å². The topological polar surface area (TPSA) is 9.23 Å². The van der Waals surface area contributed by atoms with Gasteiger partial charge in [-0.15, -0.1) is 13.2 Å². The van der Waals surface area contributed by atoms with Crippen LogP contribution in [0.3, 0.4) is 0 Å². The summed E-state index contributed by atoms with van der Waals surface area (Å²) in [5, 5.41) is 1.51. The monoisotopic (exact) mass is 305 g/mol. The molecule has 2 aromatic rings. The van der Waals surface area contributed by atoms with Crippen molar-refractivity contribution in [1.82, 2.24) is 0 Å². The van der Waals surface area contributed by atoms with Gasteiger partial charge in [-0.2, -0.15) is 0 Å². The molecule has 0 radical (unpaired) electrons. The number of hydrogen-bond donors (Lipinski definition) is 0. The summed E-state index contributed by atoms with van der Waals surface area (Å²) in [5.74, 6) is -0.132. The molecule has 0 aliphatic carbocycles. The lowest BCUT2D eigenvalue weighted by molar-refractivity contribution is -0.274. The maximum atomic E-state index is 12.2. The molecule has 0 aromatic heterocycles. The average Bonchev–Trinajstić information content (AvgIpc) is 2.31. The smallest absolute Gasteiger partial charge is 0.573 e. The third kappa shape index (κ3) is 5.09. The molecule has 1 nitrogen and oxygen atoms in total. The SMILES string of the molecule is FC(F)(F)Oc1ccccc1Pc1ccccc1.[Cl-]. The summed E-state index contributed by atoms with van der Waals surface area (Å²) >= 11 is 0. The Morgan fingerprint density at radius 2 is 1.42 bits per heavy atom. The molecule has 0 heterocycles. The lowest BCUT2D eigenvalue weighted by Crippen LogP contribution is -3.00. The number of para-hydroxylation sites is 1. The van der Waals surface area contributed by atoms with Crippen molar-refractivity contribution in [3.05, 3.63) is 54.6 Å². The number of hydrogen-bond acceptors (Lipinski definition) is 1. The fourth-order valence-corrected chi connectivity index (χ4v) is 2.57. The third-order valence-corrected chi connectivity index (χ3v) is 3.47. The molecule has 19 heavy (non-hydrogen) atoms. The van der Waals surface area contributed by atoms with Gasteiger partial charge < -0.3 is 17.1 Å². The summed E-state index contributed by atoms with van der Waals surface area (Å²) in [5.41, 5.74) is 0. The molecule has 0 fully saturated rings. The van der Waals surface area contributed by atoms with Crippen molar-refractivity contribution in [2.75, 3.05) is 0 Å². The molecular formula is C13H10ClF3OP-. The molecule has 0 spiro atoms. The largest absolute Gasteiger partial charge is 1.00 e. The van der Waals surface area contributed by atoms with Crippen molar-refractivity contribution in [3.8, 4) is 5.75 Å². The molecular weight excluding hydrogens is 296 g/mol. The Morgan fingerprint density at radius 3 is 2.05 bits per heavy atom. The van der Waals surface area contributed by atoms with Gasteiger partial charge in [-0.25, -0.2) is 0 Å². The van der Waals surface area contributed by atoms with Crippen LogP contribution >= 0.6 is 8.58 Å². The minimum absolute atomic E-state index is 0. The number of rotatable bonds is 3. The Hall–Kier alpha value is -1.25. The number of halogens is 4. The van der Waals surface area contributed by atoms with Gasteiger partial charge in [-0.05, 0) is 11.4 Å². The van der Waals surface area contributed by atoms with Crippen LogP contribution in [0.4, 0.5) is 13.2 Å². The molecule has 2 aromatic carbocycles. The summed E-state index contributed by atoms with van der Waals surface area (Å²) in [4.78, 5) is 0. The van der Waals surface area contributed by atoms with E-state index in [-0.39, 0.29) is 26.7 Å². The Balaban J connectivity index is 0.00000180. The zero-order valence-electron chi connectivity index (χ0n) is 9.62. The minimum Gasteiger partial charge on any atom is -1.00 e. The van der Waals surface area contributed by atoms with Gasteiger partial charge in [0.15, 0.2) is 0 Å². The first kappa shape index (κ1) is 15.8. The summed E-state index contributed by atoms with van der Waals surface area (Å²) in [7, 11) is 0.136. The van der Waals surface area contributed by atoms with Gasteiger partial charge in [0.25, 0.3) is 0 Å². The standard InChI is InChI=1S/C13H10F3OP.ClH/c14-13(15,16)17-11-8-4-5-9-12(11)18-10-6-2-1-3-7-10;/h1-9,18H;1H/p-1. The highest BCUT2D eigenvalue weighted by molar-refractivity contribution is 7.55. The summed E-state index contributed by atoms with van der Waals surface area (Å²) in [6.45, 7) is 0. The van der Waals surface area contributed by atoms with Gasteiger partial charge in [0, 0.05) is 5.30 Å². The lowest BCUT2D eigenvalue weighted by Gasteiger charge is -2.13. The second kappa shape index (κ2) is 6.78. The van der Waals surface area contributed by atoms with Crippen molar-refractivity contribution in [1.29, 1.82) is 0 Å². The van der Waals surface area contributed by atoms with Crippen LogP contribution in [0.15, 0.2) is 54.6 Å².